The van der Waals surface area contributed by atoms with Gasteiger partial charge in [-0.2, -0.15) is 4.31 Å². The molecule has 0 bridgehead atoms. The van der Waals surface area contributed by atoms with E-state index in [0.717, 1.165) is 14.9 Å². The first-order chi connectivity index (χ1) is 16.8. The van der Waals surface area contributed by atoms with Gasteiger partial charge in [-0.05, 0) is 53.4 Å². The molecule has 0 unspecified atom stereocenters. The summed E-state index contributed by atoms with van der Waals surface area (Å²) >= 11 is 4.89. The van der Waals surface area contributed by atoms with Crippen LogP contribution in [0.15, 0.2) is 75.4 Å². The molecule has 1 saturated heterocycles. The van der Waals surface area contributed by atoms with Crippen molar-refractivity contribution < 1.29 is 17.6 Å². The maximum Gasteiger partial charge on any atom is 0.243 e. The number of sulfonamides is 1. The number of amides is 1. The van der Waals surface area contributed by atoms with Gasteiger partial charge in [0.1, 0.15) is 5.82 Å². The third-order valence-electron chi connectivity index (χ3n) is 6.01. The first kappa shape index (κ1) is 26.0. The second-order valence-electron chi connectivity index (χ2n) is 8.40. The summed E-state index contributed by atoms with van der Waals surface area (Å²) in [6, 6.07) is 16.8. The van der Waals surface area contributed by atoms with Crippen molar-refractivity contribution in [3.8, 4) is 0 Å². The molecule has 4 rings (SSSR count). The van der Waals surface area contributed by atoms with E-state index in [-0.39, 0.29) is 11.7 Å². The summed E-state index contributed by atoms with van der Waals surface area (Å²) in [5, 5.41) is 1.95. The van der Waals surface area contributed by atoms with Gasteiger partial charge in [0.05, 0.1) is 11.3 Å². The molecule has 1 aromatic heterocycles. The van der Waals surface area contributed by atoms with Crippen molar-refractivity contribution in [3.05, 3.63) is 86.8 Å². The van der Waals surface area contributed by atoms with Crippen LogP contribution in [0.4, 0.5) is 4.39 Å². The molecule has 0 aliphatic carbocycles. The minimum Gasteiger partial charge on any atom is -0.337 e. The van der Waals surface area contributed by atoms with Crippen molar-refractivity contribution in [2.24, 2.45) is 0 Å². The highest BCUT2D eigenvalue weighted by Crippen LogP contribution is 2.20. The van der Waals surface area contributed by atoms with Crippen LogP contribution < -0.4 is 0 Å². The third-order valence-corrected chi connectivity index (χ3v) is 9.33. The molecule has 0 saturated carbocycles. The van der Waals surface area contributed by atoms with Crippen molar-refractivity contribution >= 4 is 43.2 Å². The minimum absolute atomic E-state index is 0.0215. The molecule has 1 aliphatic rings. The van der Waals surface area contributed by atoms with Crippen LogP contribution in [-0.2, 0) is 27.8 Å². The number of nitrogens with zero attached hydrogens (tertiary/aromatic N) is 3. The second kappa shape index (κ2) is 11.7. The maximum atomic E-state index is 13.3. The van der Waals surface area contributed by atoms with Crippen LogP contribution in [0.25, 0.3) is 0 Å². The molecule has 6 nitrogen and oxygen atoms in total. The molecule has 10 heteroatoms. The predicted octanol–water partition coefficient (Wildman–Crippen LogP) is 4.23. The largest absolute Gasteiger partial charge is 0.337 e. The Balaban J connectivity index is 1.35. The van der Waals surface area contributed by atoms with Crippen LogP contribution >= 0.6 is 27.3 Å². The average molecular weight is 581 g/mol. The molecule has 2 aromatic carbocycles. The van der Waals surface area contributed by atoms with E-state index in [1.165, 1.54) is 16.4 Å². The first-order valence-electron chi connectivity index (χ1n) is 11.3. The van der Waals surface area contributed by atoms with E-state index in [2.05, 4.69) is 20.8 Å². The number of hydrogen-bond donors (Lipinski definition) is 0. The van der Waals surface area contributed by atoms with E-state index in [1.54, 1.807) is 52.6 Å². The number of piperazine rings is 1. The third kappa shape index (κ3) is 6.98. The molecule has 3 aromatic rings. The molecule has 2 heterocycles. The van der Waals surface area contributed by atoms with Gasteiger partial charge in [-0.25, -0.2) is 12.8 Å². The SMILES string of the molecule is O=C(Cc1cccs1)N(CCN1CCN(S(=O)(=O)c2ccc(Br)cc2)CC1)Cc1ccc(F)cc1. The summed E-state index contributed by atoms with van der Waals surface area (Å²) in [5.74, 6) is -0.283. The van der Waals surface area contributed by atoms with Gasteiger partial charge in [-0.15, -0.1) is 11.3 Å². The monoisotopic (exact) mass is 579 g/mol. The van der Waals surface area contributed by atoms with Crippen molar-refractivity contribution in [2.45, 2.75) is 17.9 Å². The molecular weight excluding hydrogens is 553 g/mol. The standard InChI is InChI=1S/C25H27BrFN3O3S2/c26-21-5-9-24(10-6-21)35(32,33)30-15-12-28(13-16-30)11-14-29(19-20-3-7-22(27)8-4-20)25(31)18-23-2-1-17-34-23/h1-10,17H,11-16,18-19H2. The highest BCUT2D eigenvalue weighted by Gasteiger charge is 2.28. The molecule has 0 atom stereocenters. The normalized spacial score (nSPS) is 15.3. The highest BCUT2D eigenvalue weighted by molar-refractivity contribution is 9.10. The van der Waals surface area contributed by atoms with Gasteiger partial charge in [0.15, 0.2) is 0 Å². The van der Waals surface area contributed by atoms with Crippen LogP contribution in [0, 0.1) is 5.82 Å². The smallest absolute Gasteiger partial charge is 0.243 e. The summed E-state index contributed by atoms with van der Waals surface area (Å²) < 4.78 is 41.6. The van der Waals surface area contributed by atoms with E-state index < -0.39 is 10.0 Å². The number of hydrogen-bond acceptors (Lipinski definition) is 5. The van der Waals surface area contributed by atoms with Crippen molar-refractivity contribution in [1.82, 2.24) is 14.1 Å². The lowest BCUT2D eigenvalue weighted by Gasteiger charge is -2.35. The molecule has 0 spiro atoms. The zero-order chi connectivity index (χ0) is 24.8. The molecule has 1 amide bonds. The van der Waals surface area contributed by atoms with Crippen molar-refractivity contribution in [3.63, 3.8) is 0 Å². The number of thiophene rings is 1. The van der Waals surface area contributed by atoms with Crippen LogP contribution in [-0.4, -0.2) is 67.7 Å². The summed E-state index contributed by atoms with van der Waals surface area (Å²) in [7, 11) is -3.53. The lowest BCUT2D eigenvalue weighted by molar-refractivity contribution is -0.131. The quantitative estimate of drug-likeness (QED) is 0.380. The Labute approximate surface area is 218 Å². The number of rotatable bonds is 9. The Morgan fingerprint density at radius 1 is 1.00 bits per heavy atom. The summed E-state index contributed by atoms with van der Waals surface area (Å²) in [6.45, 7) is 3.56. The molecule has 35 heavy (non-hydrogen) atoms. The van der Waals surface area contributed by atoms with E-state index in [1.807, 2.05) is 17.5 Å². The lowest BCUT2D eigenvalue weighted by atomic mass is 10.2. The fourth-order valence-electron chi connectivity index (χ4n) is 3.99. The van der Waals surface area contributed by atoms with Gasteiger partial charge in [0, 0.05) is 55.2 Å². The Hall–Kier alpha value is -2.11. The Morgan fingerprint density at radius 3 is 2.31 bits per heavy atom. The molecule has 0 N–H and O–H groups in total. The number of benzene rings is 2. The molecule has 0 radical (unpaired) electrons. The van der Waals surface area contributed by atoms with Crippen molar-refractivity contribution in [1.29, 1.82) is 0 Å². The number of carbonyl (C=O) groups excluding carboxylic acids is 1. The summed E-state index contributed by atoms with van der Waals surface area (Å²) in [4.78, 5) is 18.4. The van der Waals surface area contributed by atoms with Gasteiger partial charge < -0.3 is 4.90 Å². The van der Waals surface area contributed by atoms with Crippen LogP contribution in [0.2, 0.25) is 0 Å². The van der Waals surface area contributed by atoms with Gasteiger partial charge in [0.25, 0.3) is 0 Å². The van der Waals surface area contributed by atoms with E-state index in [0.29, 0.717) is 57.1 Å². The summed E-state index contributed by atoms with van der Waals surface area (Å²) in [5.41, 5.74) is 0.872. The zero-order valence-corrected chi connectivity index (χ0v) is 22.4. The Morgan fingerprint density at radius 2 is 1.69 bits per heavy atom. The maximum absolute atomic E-state index is 13.3. The highest BCUT2D eigenvalue weighted by atomic mass is 79.9. The van der Waals surface area contributed by atoms with E-state index in [4.69, 9.17) is 0 Å². The van der Waals surface area contributed by atoms with Gasteiger partial charge in [-0.3, -0.25) is 9.69 Å². The fraction of sp³-hybridized carbons (Fsp3) is 0.320. The molecule has 1 aliphatic heterocycles. The minimum atomic E-state index is -3.53. The Bertz CT molecular complexity index is 1210. The van der Waals surface area contributed by atoms with Crippen LogP contribution in [0.3, 0.4) is 0 Å². The topological polar surface area (TPSA) is 60.9 Å². The first-order valence-corrected chi connectivity index (χ1v) is 14.5. The molecule has 1 fully saturated rings. The fourth-order valence-corrected chi connectivity index (χ4v) is 6.37. The molecule has 186 valence electrons. The predicted molar refractivity (Wildman–Crippen MR) is 139 cm³/mol. The zero-order valence-electron chi connectivity index (χ0n) is 19.1. The molecular formula is C25H27BrFN3O3S2. The van der Waals surface area contributed by atoms with Gasteiger partial charge in [-0.1, -0.05) is 34.1 Å². The summed E-state index contributed by atoms with van der Waals surface area (Å²) in [6.07, 6.45) is 0.331. The Kier molecular flexibility index (Phi) is 8.72. The number of carbonyl (C=O) groups is 1. The van der Waals surface area contributed by atoms with Crippen LogP contribution in [0.5, 0.6) is 0 Å². The lowest BCUT2D eigenvalue weighted by Crippen LogP contribution is -2.50. The number of halogens is 2. The second-order valence-corrected chi connectivity index (χ2v) is 12.3. The van der Waals surface area contributed by atoms with Crippen LogP contribution in [0.1, 0.15) is 10.4 Å². The van der Waals surface area contributed by atoms with Crippen molar-refractivity contribution in [2.75, 3.05) is 39.3 Å². The van der Waals surface area contributed by atoms with E-state index in [9.17, 15) is 17.6 Å². The van der Waals surface area contributed by atoms with E-state index >= 15 is 0 Å². The van der Waals surface area contributed by atoms with Gasteiger partial charge in [0.2, 0.25) is 15.9 Å². The average Bonchev–Trinajstić information content (AvgIpc) is 3.36. The van der Waals surface area contributed by atoms with Gasteiger partial charge >= 0.3 is 0 Å².